The van der Waals surface area contributed by atoms with Gasteiger partial charge in [-0.3, -0.25) is 0 Å². The predicted octanol–water partition coefficient (Wildman–Crippen LogP) is -0.274. The van der Waals surface area contributed by atoms with Gasteiger partial charge in [-0.05, 0) is 6.42 Å². The molecule has 1 aliphatic rings. The van der Waals surface area contributed by atoms with Gasteiger partial charge in [-0.1, -0.05) is 0 Å². The van der Waals surface area contributed by atoms with E-state index in [1.807, 2.05) is 0 Å². The molecular formula is C7H12O3. The topological polar surface area (TPSA) is 49.7 Å². The summed E-state index contributed by atoms with van der Waals surface area (Å²) in [4.78, 5) is 0. The Morgan fingerprint density at radius 3 is 2.20 bits per heavy atom. The van der Waals surface area contributed by atoms with E-state index in [-0.39, 0.29) is 12.7 Å². The third-order valence-corrected chi connectivity index (χ3v) is 1.29. The zero-order valence-corrected chi connectivity index (χ0v) is 5.73. The van der Waals surface area contributed by atoms with Crippen molar-refractivity contribution in [3.8, 4) is 12.8 Å². The molecule has 0 radical (unpaired) electrons. The van der Waals surface area contributed by atoms with Gasteiger partial charge in [0.05, 0.1) is 12.7 Å². The minimum Gasteiger partial charge on any atom is -0.394 e. The summed E-state index contributed by atoms with van der Waals surface area (Å²) in [6.45, 7) is 0.0249. The van der Waals surface area contributed by atoms with E-state index in [0.29, 0.717) is 6.42 Å². The fraction of sp³-hybridized carbons (Fsp3) is 0.714. The van der Waals surface area contributed by atoms with Gasteiger partial charge < -0.3 is 14.9 Å². The Morgan fingerprint density at radius 2 is 2.00 bits per heavy atom. The van der Waals surface area contributed by atoms with Crippen molar-refractivity contribution in [2.75, 3.05) is 6.61 Å². The van der Waals surface area contributed by atoms with Crippen LogP contribution in [0.15, 0.2) is 0 Å². The standard InChI is InChI=1S/C5H10O3.C2H2/c6-3-4-1-2-5(7)8-4;1-2/h4-7H,1-3H2;1-2H/t4-,5+;/m0./s1. The zero-order chi connectivity index (χ0) is 7.98. The Kier molecular flexibility index (Phi) is 4.95. The molecule has 2 N–H and O–H groups in total. The van der Waals surface area contributed by atoms with Crippen LogP contribution < -0.4 is 0 Å². The maximum atomic E-state index is 8.70. The van der Waals surface area contributed by atoms with Crippen molar-refractivity contribution in [3.05, 3.63) is 0 Å². The van der Waals surface area contributed by atoms with E-state index in [1.54, 1.807) is 0 Å². The first-order chi connectivity index (χ1) is 4.83. The molecule has 58 valence electrons. The summed E-state index contributed by atoms with van der Waals surface area (Å²) in [5, 5.41) is 17.1. The van der Waals surface area contributed by atoms with Crippen LogP contribution in [0.3, 0.4) is 0 Å². The van der Waals surface area contributed by atoms with Crippen LogP contribution in [0.1, 0.15) is 12.8 Å². The molecule has 0 amide bonds. The summed E-state index contributed by atoms with van der Waals surface area (Å²) in [7, 11) is 0. The summed E-state index contributed by atoms with van der Waals surface area (Å²) in [6, 6.07) is 0. The highest BCUT2D eigenvalue weighted by molar-refractivity contribution is 4.64. The van der Waals surface area contributed by atoms with E-state index >= 15 is 0 Å². The average Bonchev–Trinajstić information content (AvgIpc) is 2.40. The lowest BCUT2D eigenvalue weighted by Crippen LogP contribution is -2.13. The van der Waals surface area contributed by atoms with Gasteiger partial charge in [0.1, 0.15) is 0 Å². The second-order valence-corrected chi connectivity index (χ2v) is 1.97. The number of ether oxygens (including phenoxy) is 1. The predicted molar refractivity (Wildman–Crippen MR) is 37.1 cm³/mol. The summed E-state index contributed by atoms with van der Waals surface area (Å²) < 4.78 is 4.82. The van der Waals surface area contributed by atoms with Crippen molar-refractivity contribution >= 4 is 0 Å². The van der Waals surface area contributed by atoms with Gasteiger partial charge in [0.15, 0.2) is 6.29 Å². The van der Waals surface area contributed by atoms with Crippen molar-refractivity contribution in [1.29, 1.82) is 0 Å². The number of hydrogen-bond donors (Lipinski definition) is 2. The molecule has 0 spiro atoms. The van der Waals surface area contributed by atoms with E-state index < -0.39 is 6.29 Å². The molecule has 0 bridgehead atoms. The first-order valence-corrected chi connectivity index (χ1v) is 3.10. The largest absolute Gasteiger partial charge is 0.394 e. The Balaban J connectivity index is 0.000000371. The Hall–Kier alpha value is -0.560. The maximum absolute atomic E-state index is 8.70. The van der Waals surface area contributed by atoms with Crippen molar-refractivity contribution in [2.45, 2.75) is 25.2 Å². The van der Waals surface area contributed by atoms with Gasteiger partial charge in [-0.15, -0.1) is 12.8 Å². The van der Waals surface area contributed by atoms with E-state index in [0.717, 1.165) is 6.42 Å². The molecule has 1 saturated heterocycles. The van der Waals surface area contributed by atoms with E-state index in [1.165, 1.54) is 0 Å². The number of aliphatic hydroxyl groups excluding tert-OH is 2. The van der Waals surface area contributed by atoms with Gasteiger partial charge in [-0.25, -0.2) is 0 Å². The molecule has 10 heavy (non-hydrogen) atoms. The molecule has 0 aromatic heterocycles. The minimum atomic E-state index is -0.632. The summed E-state index contributed by atoms with van der Waals surface area (Å²) in [5.41, 5.74) is 0. The van der Waals surface area contributed by atoms with E-state index in [2.05, 4.69) is 12.8 Å². The molecule has 0 unspecified atom stereocenters. The molecule has 1 heterocycles. The van der Waals surface area contributed by atoms with E-state index in [4.69, 9.17) is 14.9 Å². The highest BCUT2D eigenvalue weighted by atomic mass is 16.6. The number of aliphatic hydroxyl groups is 2. The van der Waals surface area contributed by atoms with Crippen LogP contribution in [0.4, 0.5) is 0 Å². The highest BCUT2D eigenvalue weighted by Gasteiger charge is 2.21. The van der Waals surface area contributed by atoms with Crippen LogP contribution in [0.2, 0.25) is 0 Å². The van der Waals surface area contributed by atoms with Crippen LogP contribution in [0.5, 0.6) is 0 Å². The van der Waals surface area contributed by atoms with Crippen LogP contribution in [-0.2, 0) is 4.74 Å². The summed E-state index contributed by atoms with van der Waals surface area (Å²) in [6.07, 6.45) is 8.68. The van der Waals surface area contributed by atoms with Crippen LogP contribution >= 0.6 is 0 Å². The van der Waals surface area contributed by atoms with Gasteiger partial charge >= 0.3 is 0 Å². The van der Waals surface area contributed by atoms with Gasteiger partial charge in [0.2, 0.25) is 0 Å². The molecule has 0 aliphatic carbocycles. The fourth-order valence-electron chi connectivity index (χ4n) is 0.821. The molecule has 0 aromatic carbocycles. The van der Waals surface area contributed by atoms with Gasteiger partial charge in [-0.2, -0.15) is 0 Å². The summed E-state index contributed by atoms with van der Waals surface area (Å²) in [5.74, 6) is 0. The molecular weight excluding hydrogens is 132 g/mol. The molecule has 0 aromatic rings. The number of terminal acetylenes is 1. The van der Waals surface area contributed by atoms with E-state index in [9.17, 15) is 0 Å². The number of hydrogen-bond acceptors (Lipinski definition) is 3. The second-order valence-electron chi connectivity index (χ2n) is 1.97. The molecule has 0 saturated carbocycles. The second kappa shape index (κ2) is 5.24. The minimum absolute atomic E-state index is 0.0249. The highest BCUT2D eigenvalue weighted by Crippen LogP contribution is 2.16. The number of rotatable bonds is 1. The normalized spacial score (nSPS) is 30.8. The van der Waals surface area contributed by atoms with Crippen molar-refractivity contribution in [1.82, 2.24) is 0 Å². The van der Waals surface area contributed by atoms with Gasteiger partial charge in [0, 0.05) is 6.42 Å². The lowest BCUT2D eigenvalue weighted by Gasteiger charge is -2.04. The molecule has 3 heteroatoms. The molecule has 3 nitrogen and oxygen atoms in total. The quantitative estimate of drug-likeness (QED) is 0.498. The SMILES string of the molecule is C#C.OC[C@@H]1CC[C@H](O)O1. The maximum Gasteiger partial charge on any atom is 0.155 e. The Bertz CT molecular complexity index is 100. The zero-order valence-electron chi connectivity index (χ0n) is 5.73. The third kappa shape index (κ3) is 2.83. The van der Waals surface area contributed by atoms with Gasteiger partial charge in [0.25, 0.3) is 0 Å². The third-order valence-electron chi connectivity index (χ3n) is 1.29. The molecule has 1 rings (SSSR count). The molecule has 1 fully saturated rings. The molecule has 1 aliphatic heterocycles. The monoisotopic (exact) mass is 144 g/mol. The average molecular weight is 144 g/mol. The van der Waals surface area contributed by atoms with Crippen LogP contribution in [-0.4, -0.2) is 29.2 Å². The smallest absolute Gasteiger partial charge is 0.155 e. The Labute approximate surface area is 60.6 Å². The first-order valence-electron chi connectivity index (χ1n) is 3.10. The van der Waals surface area contributed by atoms with Crippen molar-refractivity contribution in [2.24, 2.45) is 0 Å². The lowest BCUT2D eigenvalue weighted by atomic mass is 10.2. The van der Waals surface area contributed by atoms with Crippen LogP contribution in [0, 0.1) is 12.8 Å². The van der Waals surface area contributed by atoms with Crippen molar-refractivity contribution < 1.29 is 14.9 Å². The summed E-state index contributed by atoms with van der Waals surface area (Å²) >= 11 is 0. The lowest BCUT2D eigenvalue weighted by molar-refractivity contribution is -0.101. The Morgan fingerprint density at radius 1 is 1.40 bits per heavy atom. The first kappa shape index (κ1) is 9.44. The van der Waals surface area contributed by atoms with Crippen molar-refractivity contribution in [3.63, 3.8) is 0 Å². The molecule has 2 atom stereocenters. The van der Waals surface area contributed by atoms with Crippen LogP contribution in [0.25, 0.3) is 0 Å². The fourth-order valence-corrected chi connectivity index (χ4v) is 0.821.